The molecule has 0 aliphatic heterocycles. The van der Waals surface area contributed by atoms with Gasteiger partial charge < -0.3 is 10.2 Å². The first-order chi connectivity index (χ1) is 13.8. The van der Waals surface area contributed by atoms with E-state index in [1.807, 2.05) is 56.3 Å². The van der Waals surface area contributed by atoms with Crippen molar-refractivity contribution in [2.24, 2.45) is 0 Å². The van der Waals surface area contributed by atoms with Gasteiger partial charge in [0.15, 0.2) is 5.69 Å². The van der Waals surface area contributed by atoms with Crippen LogP contribution in [-0.2, 0) is 20.1 Å². The van der Waals surface area contributed by atoms with Crippen molar-refractivity contribution in [2.75, 3.05) is 0 Å². The van der Waals surface area contributed by atoms with E-state index in [9.17, 15) is 0 Å². The number of aliphatic hydroxyl groups excluding tert-OH is 2. The minimum Gasteiger partial charge on any atom is -0.393 e. The zero-order chi connectivity index (χ0) is 21.4. The van der Waals surface area contributed by atoms with Crippen molar-refractivity contribution in [3.05, 3.63) is 77.4 Å². The Balaban J connectivity index is 0.000000489. The summed E-state index contributed by atoms with van der Waals surface area (Å²) in [5.41, 5.74) is 6.48. The van der Waals surface area contributed by atoms with E-state index in [1.165, 1.54) is 0 Å². The molecule has 2 N–H and O–H groups in total. The van der Waals surface area contributed by atoms with Gasteiger partial charge in [0.1, 0.15) is 6.33 Å². The molecular formula is C24H26IrN3O2-. The number of hydrogen-bond donors (Lipinski definition) is 2. The number of benzene rings is 2. The first-order valence-corrected chi connectivity index (χ1v) is 9.46. The van der Waals surface area contributed by atoms with Gasteiger partial charge in [0.25, 0.3) is 0 Å². The molecule has 5 nitrogen and oxygen atoms in total. The molecule has 2 unspecified atom stereocenters. The van der Waals surface area contributed by atoms with E-state index in [1.54, 1.807) is 20.2 Å². The van der Waals surface area contributed by atoms with Crippen LogP contribution < -0.4 is 0 Å². The first-order valence-electron chi connectivity index (χ1n) is 9.46. The Morgan fingerprint density at radius 3 is 2.07 bits per heavy atom. The third kappa shape index (κ3) is 7.44. The summed E-state index contributed by atoms with van der Waals surface area (Å²) < 4.78 is 0. The van der Waals surface area contributed by atoms with Crippen molar-refractivity contribution in [3.8, 4) is 22.5 Å². The van der Waals surface area contributed by atoms with Crippen LogP contribution in [0.5, 0.6) is 0 Å². The predicted molar refractivity (Wildman–Crippen MR) is 115 cm³/mol. The number of aromatic nitrogens is 2. The topological polar surface area (TPSA) is 70.6 Å². The maximum atomic E-state index is 8.56. The largest absolute Gasteiger partial charge is 0.393 e. The van der Waals surface area contributed by atoms with E-state index < -0.39 is 0 Å². The molecule has 0 bridgehead atoms. The summed E-state index contributed by atoms with van der Waals surface area (Å²) in [4.78, 5) is 12.3. The third-order valence-corrected chi connectivity index (χ3v) is 4.24. The van der Waals surface area contributed by atoms with Crippen LogP contribution >= 0.6 is 0 Å². The van der Waals surface area contributed by atoms with Gasteiger partial charge in [-0.25, -0.2) is 9.83 Å². The number of hydrogen-bond acceptors (Lipinski definition) is 4. The Kier molecular flexibility index (Phi) is 10.5. The number of aryl methyl sites for hydroxylation is 2. The maximum Gasteiger partial charge on any atom is 0.187 e. The van der Waals surface area contributed by atoms with Crippen LogP contribution in [0.25, 0.3) is 27.4 Å². The summed E-state index contributed by atoms with van der Waals surface area (Å²) in [5.74, 6) is 0. The monoisotopic (exact) mass is 581 g/mol. The Morgan fingerprint density at radius 2 is 1.60 bits per heavy atom. The summed E-state index contributed by atoms with van der Waals surface area (Å²) in [7, 11) is 0. The summed E-state index contributed by atoms with van der Waals surface area (Å²) >= 11 is 0. The SMILES string of the molecule is CC(O)CC(C)O.[C-]#[N+]c1cc(C)c(-c2cc(-c3[c-]cccc3)ncn2)c(C)c1.[Ir]. The van der Waals surface area contributed by atoms with Gasteiger partial charge in [-0.3, -0.25) is 4.98 Å². The van der Waals surface area contributed by atoms with Gasteiger partial charge in [-0.2, -0.15) is 0 Å². The normalized spacial score (nSPS) is 11.9. The van der Waals surface area contributed by atoms with Crippen molar-refractivity contribution in [1.82, 2.24) is 9.97 Å². The summed E-state index contributed by atoms with van der Waals surface area (Å²) in [5, 5.41) is 17.1. The van der Waals surface area contributed by atoms with Crippen LogP contribution in [-0.4, -0.2) is 32.4 Å². The molecule has 0 fully saturated rings. The fraction of sp³-hybridized carbons (Fsp3) is 0.292. The Morgan fingerprint density at radius 1 is 1.00 bits per heavy atom. The molecule has 3 aromatic rings. The molecule has 159 valence electrons. The summed E-state index contributed by atoms with van der Waals surface area (Å²) in [6.07, 6.45) is 1.30. The third-order valence-electron chi connectivity index (χ3n) is 4.24. The fourth-order valence-electron chi connectivity index (χ4n) is 3.10. The maximum absolute atomic E-state index is 8.56. The first kappa shape index (κ1) is 25.6. The molecule has 0 saturated heterocycles. The van der Waals surface area contributed by atoms with Crippen LogP contribution in [0.1, 0.15) is 31.4 Å². The molecular weight excluding hydrogens is 555 g/mol. The predicted octanol–water partition coefficient (Wildman–Crippen LogP) is 4.91. The zero-order valence-electron chi connectivity index (χ0n) is 17.6. The van der Waals surface area contributed by atoms with Gasteiger partial charge in [-0.05, 0) is 39.8 Å². The van der Waals surface area contributed by atoms with E-state index in [0.717, 1.165) is 33.6 Å². The fourth-order valence-corrected chi connectivity index (χ4v) is 3.10. The van der Waals surface area contributed by atoms with Gasteiger partial charge in [-0.1, -0.05) is 29.3 Å². The Labute approximate surface area is 192 Å². The summed E-state index contributed by atoms with van der Waals surface area (Å²) in [6.45, 7) is 14.5. The van der Waals surface area contributed by atoms with Crippen LogP contribution in [0.2, 0.25) is 0 Å². The van der Waals surface area contributed by atoms with Gasteiger partial charge in [0.2, 0.25) is 0 Å². The quantitative estimate of drug-likeness (QED) is 0.430. The van der Waals surface area contributed by atoms with Gasteiger partial charge in [-0.15, -0.1) is 35.9 Å². The van der Waals surface area contributed by atoms with E-state index in [-0.39, 0.29) is 32.3 Å². The molecule has 1 radical (unpaired) electrons. The van der Waals surface area contributed by atoms with Gasteiger partial charge >= 0.3 is 0 Å². The van der Waals surface area contributed by atoms with Crippen LogP contribution in [0.4, 0.5) is 5.69 Å². The van der Waals surface area contributed by atoms with E-state index >= 15 is 0 Å². The number of aliphatic hydroxyl groups is 2. The summed E-state index contributed by atoms with van der Waals surface area (Å²) in [6, 6.07) is 16.7. The molecule has 0 aliphatic rings. The molecule has 1 heterocycles. The van der Waals surface area contributed by atoms with Crippen LogP contribution in [0, 0.1) is 26.5 Å². The Hall–Kier alpha value is -2.42. The second-order valence-corrected chi connectivity index (χ2v) is 7.06. The second-order valence-electron chi connectivity index (χ2n) is 7.06. The molecule has 0 spiro atoms. The van der Waals surface area contributed by atoms with Crippen molar-refractivity contribution in [3.63, 3.8) is 0 Å². The average Bonchev–Trinajstić information content (AvgIpc) is 2.68. The van der Waals surface area contributed by atoms with Gasteiger partial charge in [0.05, 0.1) is 24.5 Å². The standard InChI is InChI=1S/C19H14N3.C5H12O2.Ir/c1-13-9-16(20-3)10-14(2)19(13)18-11-17(21-12-22-18)15-7-5-4-6-8-15;1-4(6)3-5(2)7;/h4-7,9-12H,1-2H3;4-7H,3H2,1-2H3;/q-1;;. The second kappa shape index (κ2) is 12.3. The molecule has 1 aromatic heterocycles. The van der Waals surface area contributed by atoms with E-state index in [2.05, 4.69) is 20.9 Å². The number of rotatable bonds is 4. The smallest absolute Gasteiger partial charge is 0.187 e. The molecule has 0 saturated carbocycles. The molecule has 0 amide bonds. The van der Waals surface area contributed by atoms with Crippen molar-refractivity contribution < 1.29 is 30.3 Å². The van der Waals surface area contributed by atoms with E-state index in [4.69, 9.17) is 16.8 Å². The molecule has 6 heteroatoms. The van der Waals surface area contributed by atoms with Gasteiger partial charge in [0, 0.05) is 25.7 Å². The minimum atomic E-state index is -0.375. The van der Waals surface area contributed by atoms with Crippen LogP contribution in [0.3, 0.4) is 0 Å². The molecule has 2 atom stereocenters. The molecule has 0 aliphatic carbocycles. The molecule has 30 heavy (non-hydrogen) atoms. The average molecular weight is 581 g/mol. The van der Waals surface area contributed by atoms with Crippen molar-refractivity contribution in [2.45, 2.75) is 46.3 Å². The van der Waals surface area contributed by atoms with E-state index in [0.29, 0.717) is 12.1 Å². The van der Waals surface area contributed by atoms with Crippen molar-refractivity contribution >= 4 is 5.69 Å². The van der Waals surface area contributed by atoms with Crippen molar-refractivity contribution in [1.29, 1.82) is 0 Å². The molecule has 3 rings (SSSR count). The Bertz CT molecular complexity index is 954. The minimum absolute atomic E-state index is 0. The van der Waals surface area contributed by atoms with Crippen LogP contribution in [0.15, 0.2) is 48.8 Å². The molecule has 2 aromatic carbocycles. The zero-order valence-corrected chi connectivity index (χ0v) is 19.9. The number of nitrogens with zero attached hydrogens (tertiary/aromatic N) is 3.